The molecule has 8 heteroatoms. The minimum Gasteiger partial charge on any atom is -0.482 e. The van der Waals surface area contributed by atoms with Crippen molar-refractivity contribution < 1.29 is 14.3 Å². The van der Waals surface area contributed by atoms with Gasteiger partial charge in [0, 0.05) is 23.2 Å². The molecule has 0 radical (unpaired) electrons. The van der Waals surface area contributed by atoms with E-state index in [2.05, 4.69) is 10.3 Å². The van der Waals surface area contributed by atoms with Gasteiger partial charge in [0.1, 0.15) is 11.6 Å². The van der Waals surface area contributed by atoms with Crippen LogP contribution in [0.15, 0.2) is 60.8 Å². The van der Waals surface area contributed by atoms with Crippen molar-refractivity contribution in [3.8, 4) is 5.75 Å². The smallest absolute Gasteiger partial charge is 0.270 e. The molecule has 1 aliphatic rings. The second-order valence-corrected chi connectivity index (χ2v) is 8.87. The lowest BCUT2D eigenvalue weighted by atomic mass is 9.84. The van der Waals surface area contributed by atoms with E-state index < -0.39 is 5.41 Å². The third-order valence-corrected chi connectivity index (χ3v) is 5.95. The molecule has 0 bridgehead atoms. The predicted octanol–water partition coefficient (Wildman–Crippen LogP) is 5.15. The predicted molar refractivity (Wildman–Crippen MR) is 125 cm³/mol. The second kappa shape index (κ2) is 8.81. The van der Waals surface area contributed by atoms with Gasteiger partial charge in [0.25, 0.3) is 11.8 Å². The molecule has 0 aliphatic carbocycles. The fraction of sp³-hybridized carbons (Fsp3) is 0.208. The SMILES string of the molecule is CC(C)(CNC(=O)c1cc(N2C(=O)COc3ccccc32)ncc1Cl)c1ccccc1Cl. The number of carbonyl (C=O) groups excluding carboxylic acids is 2. The average Bonchev–Trinajstić information content (AvgIpc) is 2.78. The molecular weight excluding hydrogens is 449 g/mol. The fourth-order valence-corrected chi connectivity index (χ4v) is 4.16. The summed E-state index contributed by atoms with van der Waals surface area (Å²) < 4.78 is 5.48. The van der Waals surface area contributed by atoms with Crippen molar-refractivity contribution in [2.75, 3.05) is 18.1 Å². The van der Waals surface area contributed by atoms with Gasteiger partial charge >= 0.3 is 0 Å². The number of benzene rings is 2. The Hall–Kier alpha value is -3.09. The van der Waals surface area contributed by atoms with E-state index in [1.807, 2.05) is 44.2 Å². The molecular formula is C24H21Cl2N3O3. The van der Waals surface area contributed by atoms with E-state index in [-0.39, 0.29) is 29.0 Å². The quantitative estimate of drug-likeness (QED) is 0.560. The Bertz CT molecular complexity index is 1200. The lowest BCUT2D eigenvalue weighted by Gasteiger charge is -2.29. The summed E-state index contributed by atoms with van der Waals surface area (Å²) in [6.07, 6.45) is 1.37. The van der Waals surface area contributed by atoms with E-state index >= 15 is 0 Å². The van der Waals surface area contributed by atoms with Crippen LogP contribution in [0.5, 0.6) is 5.75 Å². The van der Waals surface area contributed by atoms with Gasteiger partial charge in [0.2, 0.25) is 0 Å². The molecule has 0 saturated carbocycles. The number of hydrogen-bond donors (Lipinski definition) is 1. The molecule has 6 nitrogen and oxygen atoms in total. The first kappa shape index (κ1) is 22.1. The average molecular weight is 470 g/mol. The van der Waals surface area contributed by atoms with Crippen LogP contribution in [-0.4, -0.2) is 29.9 Å². The highest BCUT2D eigenvalue weighted by Crippen LogP contribution is 2.37. The summed E-state index contributed by atoms with van der Waals surface area (Å²) in [5, 5.41) is 3.76. The Morgan fingerprint density at radius 3 is 2.62 bits per heavy atom. The van der Waals surface area contributed by atoms with Crippen molar-refractivity contribution in [3.05, 3.63) is 82.0 Å². The van der Waals surface area contributed by atoms with E-state index in [1.165, 1.54) is 17.2 Å². The number of halogens is 2. The number of nitrogens with zero attached hydrogens (tertiary/aromatic N) is 2. The first-order valence-corrected chi connectivity index (χ1v) is 10.8. The molecule has 4 rings (SSSR count). The number of para-hydroxylation sites is 2. The third-order valence-electron chi connectivity index (χ3n) is 5.32. The topological polar surface area (TPSA) is 71.5 Å². The van der Waals surface area contributed by atoms with Gasteiger partial charge in [-0.05, 0) is 29.8 Å². The van der Waals surface area contributed by atoms with Gasteiger partial charge in [-0.2, -0.15) is 0 Å². The molecule has 32 heavy (non-hydrogen) atoms. The Morgan fingerprint density at radius 2 is 1.84 bits per heavy atom. The van der Waals surface area contributed by atoms with Crippen LogP contribution in [-0.2, 0) is 10.2 Å². The van der Waals surface area contributed by atoms with Crippen LogP contribution in [0, 0.1) is 0 Å². The van der Waals surface area contributed by atoms with Gasteiger partial charge in [-0.3, -0.25) is 14.5 Å². The van der Waals surface area contributed by atoms with Crippen LogP contribution in [0.2, 0.25) is 10.0 Å². The number of aromatic nitrogens is 1. The molecule has 1 N–H and O–H groups in total. The summed E-state index contributed by atoms with van der Waals surface area (Å²) in [7, 11) is 0. The van der Waals surface area contributed by atoms with Gasteiger partial charge in [0.05, 0.1) is 16.3 Å². The van der Waals surface area contributed by atoms with Crippen LogP contribution in [0.1, 0.15) is 29.8 Å². The van der Waals surface area contributed by atoms with E-state index in [9.17, 15) is 9.59 Å². The van der Waals surface area contributed by atoms with Gasteiger partial charge in [-0.25, -0.2) is 4.98 Å². The maximum Gasteiger partial charge on any atom is 0.270 e. The summed E-state index contributed by atoms with van der Waals surface area (Å²) in [6, 6.07) is 16.2. The molecule has 0 saturated heterocycles. The van der Waals surface area contributed by atoms with Crippen LogP contribution >= 0.6 is 23.2 Å². The van der Waals surface area contributed by atoms with Gasteiger partial charge < -0.3 is 10.1 Å². The lowest BCUT2D eigenvalue weighted by molar-refractivity contribution is -0.120. The largest absolute Gasteiger partial charge is 0.482 e. The van der Waals surface area contributed by atoms with Crippen LogP contribution < -0.4 is 15.0 Å². The Balaban J connectivity index is 1.59. The summed E-state index contributed by atoms with van der Waals surface area (Å²) in [6.45, 7) is 4.21. The number of fused-ring (bicyclic) bond motifs is 1. The minimum absolute atomic E-state index is 0.116. The summed E-state index contributed by atoms with van der Waals surface area (Å²) in [5.74, 6) is 0.208. The molecule has 0 spiro atoms. The zero-order valence-corrected chi connectivity index (χ0v) is 19.1. The molecule has 0 atom stereocenters. The van der Waals surface area contributed by atoms with E-state index in [1.54, 1.807) is 18.2 Å². The fourth-order valence-electron chi connectivity index (χ4n) is 3.58. The highest BCUT2D eigenvalue weighted by molar-refractivity contribution is 6.34. The van der Waals surface area contributed by atoms with Crippen LogP contribution in [0.3, 0.4) is 0 Å². The lowest BCUT2D eigenvalue weighted by Crippen LogP contribution is -2.37. The Kier molecular flexibility index (Phi) is 6.09. The number of nitrogens with one attached hydrogen (secondary N) is 1. The molecule has 3 aromatic rings. The molecule has 1 aliphatic heterocycles. The van der Waals surface area contributed by atoms with Crippen LogP contribution in [0.25, 0.3) is 0 Å². The number of pyridine rings is 1. The van der Waals surface area contributed by atoms with Crippen molar-refractivity contribution in [1.29, 1.82) is 0 Å². The number of hydrogen-bond acceptors (Lipinski definition) is 4. The summed E-state index contributed by atoms with van der Waals surface area (Å²) in [5.41, 5.74) is 1.31. The van der Waals surface area contributed by atoms with Gasteiger partial charge in [0.15, 0.2) is 6.61 Å². The van der Waals surface area contributed by atoms with Crippen molar-refractivity contribution >= 4 is 46.5 Å². The number of ether oxygens (including phenoxy) is 1. The van der Waals surface area contributed by atoms with Crippen molar-refractivity contribution in [2.45, 2.75) is 19.3 Å². The standard InChI is InChI=1S/C24H21Cl2N3O3/c1-24(2,16-7-3-4-8-17(16)25)14-28-23(31)15-11-21(27-12-18(15)26)29-19-9-5-6-10-20(19)32-13-22(29)30/h3-12H,13-14H2,1-2H3,(H,28,31). The highest BCUT2D eigenvalue weighted by Gasteiger charge is 2.29. The Morgan fingerprint density at radius 1 is 1.12 bits per heavy atom. The molecule has 164 valence electrons. The maximum atomic E-state index is 13.0. The highest BCUT2D eigenvalue weighted by atomic mass is 35.5. The molecule has 0 fully saturated rings. The number of carbonyl (C=O) groups is 2. The van der Waals surface area contributed by atoms with E-state index in [4.69, 9.17) is 27.9 Å². The molecule has 2 amide bonds. The Labute approximate surface area is 196 Å². The maximum absolute atomic E-state index is 13.0. The number of anilines is 2. The third kappa shape index (κ3) is 4.29. The minimum atomic E-state index is -0.407. The molecule has 0 unspecified atom stereocenters. The number of rotatable bonds is 5. The molecule has 1 aromatic heterocycles. The van der Waals surface area contributed by atoms with E-state index in [0.29, 0.717) is 28.8 Å². The molecule has 2 aromatic carbocycles. The molecule has 2 heterocycles. The normalized spacial score (nSPS) is 13.4. The van der Waals surface area contributed by atoms with Crippen molar-refractivity contribution in [3.63, 3.8) is 0 Å². The van der Waals surface area contributed by atoms with Gasteiger partial charge in [-0.15, -0.1) is 0 Å². The van der Waals surface area contributed by atoms with E-state index in [0.717, 1.165) is 5.56 Å². The van der Waals surface area contributed by atoms with Crippen LogP contribution in [0.4, 0.5) is 11.5 Å². The first-order valence-electron chi connectivity index (χ1n) is 10.0. The zero-order valence-electron chi connectivity index (χ0n) is 17.6. The monoisotopic (exact) mass is 469 g/mol. The summed E-state index contributed by atoms with van der Waals surface area (Å²) >= 11 is 12.6. The van der Waals surface area contributed by atoms with Crippen molar-refractivity contribution in [2.24, 2.45) is 0 Å². The number of amides is 2. The van der Waals surface area contributed by atoms with Crippen molar-refractivity contribution in [1.82, 2.24) is 10.3 Å². The van der Waals surface area contributed by atoms with Gasteiger partial charge in [-0.1, -0.05) is 67.4 Å². The first-order chi connectivity index (χ1) is 15.3. The summed E-state index contributed by atoms with van der Waals surface area (Å²) in [4.78, 5) is 31.3. The zero-order chi connectivity index (χ0) is 22.9. The second-order valence-electron chi connectivity index (χ2n) is 8.05.